The molecular formula is C45H30Br4Cl2N2O11. The van der Waals surface area contributed by atoms with E-state index in [1.165, 1.54) is 55.8 Å². The molecule has 6 aromatic rings. The van der Waals surface area contributed by atoms with E-state index in [0.717, 1.165) is 0 Å². The van der Waals surface area contributed by atoms with Gasteiger partial charge in [0.1, 0.15) is 29.1 Å². The first-order valence-corrected chi connectivity index (χ1v) is 22.3. The van der Waals surface area contributed by atoms with Crippen LogP contribution in [0.15, 0.2) is 137 Å². The molecule has 0 bridgehead atoms. The van der Waals surface area contributed by atoms with Gasteiger partial charge in [-0.05, 0) is 172 Å². The lowest BCUT2D eigenvalue weighted by atomic mass is 10.0. The summed E-state index contributed by atoms with van der Waals surface area (Å²) < 4.78 is 18.9. The molecule has 3 N–H and O–H groups in total. The maximum Gasteiger partial charge on any atom is 0.357 e. The highest BCUT2D eigenvalue weighted by molar-refractivity contribution is 9.11. The van der Waals surface area contributed by atoms with Crippen molar-refractivity contribution >= 4 is 117 Å². The Bertz CT molecular complexity index is 2760. The molecule has 328 valence electrons. The van der Waals surface area contributed by atoms with Gasteiger partial charge >= 0.3 is 11.9 Å². The number of aromatic hydroxyl groups is 2. The Hall–Kier alpha value is -5.27. The first-order valence-electron chi connectivity index (χ1n) is 18.4. The molecule has 0 aliphatic rings. The van der Waals surface area contributed by atoms with Crippen LogP contribution in [0.4, 0.5) is 0 Å². The number of phenols is 2. The largest absolute Gasteiger partial charge is 0.508 e. The minimum atomic E-state index is -1.27. The van der Waals surface area contributed by atoms with E-state index in [4.69, 9.17) is 47.1 Å². The molecule has 0 radical (unpaired) electrons. The van der Waals surface area contributed by atoms with E-state index in [1.54, 1.807) is 72.8 Å². The van der Waals surface area contributed by atoms with Crippen LogP contribution < -0.4 is 9.47 Å². The van der Waals surface area contributed by atoms with Gasteiger partial charge in [0, 0.05) is 21.2 Å². The topological polar surface area (TPSA) is 183 Å². The van der Waals surface area contributed by atoms with Crippen molar-refractivity contribution in [2.24, 2.45) is 10.3 Å². The van der Waals surface area contributed by atoms with Crippen LogP contribution in [0.2, 0.25) is 10.0 Å². The van der Waals surface area contributed by atoms with Gasteiger partial charge in [0.05, 0.1) is 35.9 Å². The van der Waals surface area contributed by atoms with Crippen LogP contribution in [0.3, 0.4) is 0 Å². The summed E-state index contributed by atoms with van der Waals surface area (Å²) >= 11 is 26.0. The summed E-state index contributed by atoms with van der Waals surface area (Å²) in [7, 11) is 0. The fourth-order valence-electron chi connectivity index (χ4n) is 5.59. The van der Waals surface area contributed by atoms with Gasteiger partial charge in [0.2, 0.25) is 12.7 Å². The summed E-state index contributed by atoms with van der Waals surface area (Å²) in [5, 5.41) is 40.2. The molecule has 0 aliphatic heterocycles. The highest BCUT2D eigenvalue weighted by atomic mass is 79.9. The number of aliphatic hydroxyl groups excluding tert-OH is 1. The van der Waals surface area contributed by atoms with Gasteiger partial charge in [-0.15, -0.1) is 0 Å². The average Bonchev–Trinajstić information content (AvgIpc) is 3.25. The first kappa shape index (κ1) is 48.2. The summed E-state index contributed by atoms with van der Waals surface area (Å²) in [5.41, 5.74) is 2.09. The third-order valence-electron chi connectivity index (χ3n) is 8.66. The number of ether oxygens (including phenoxy) is 3. The Balaban J connectivity index is 0.971. The van der Waals surface area contributed by atoms with Crippen molar-refractivity contribution in [3.05, 3.63) is 171 Å². The summed E-state index contributed by atoms with van der Waals surface area (Å²) in [5.74, 6) is -1.52. The molecule has 2 atom stereocenters. The number of benzene rings is 6. The summed E-state index contributed by atoms with van der Waals surface area (Å²) in [6.07, 6.45) is 0.206. The van der Waals surface area contributed by atoms with Crippen LogP contribution in [-0.2, 0) is 24.0 Å². The predicted octanol–water partition coefficient (Wildman–Crippen LogP) is 12.2. The normalized spacial score (nSPS) is 12.2. The van der Waals surface area contributed by atoms with Gasteiger partial charge in [0.25, 0.3) is 0 Å². The zero-order valence-electron chi connectivity index (χ0n) is 32.7. The third kappa shape index (κ3) is 12.7. The number of rotatable bonds is 16. The van der Waals surface area contributed by atoms with E-state index in [0.29, 0.717) is 67.4 Å². The fraction of sp³-hybridized carbons (Fsp3) is 0.0889. The van der Waals surface area contributed by atoms with Crippen molar-refractivity contribution < 1.29 is 53.6 Å². The van der Waals surface area contributed by atoms with E-state index < -0.39 is 36.5 Å². The molecule has 0 aromatic heterocycles. The molecular weight excluding hydrogens is 1140 g/mol. The van der Waals surface area contributed by atoms with E-state index >= 15 is 0 Å². The number of ketones is 1. The van der Waals surface area contributed by atoms with E-state index in [9.17, 15) is 29.7 Å². The zero-order valence-corrected chi connectivity index (χ0v) is 40.5. The predicted molar refractivity (Wildman–Crippen MR) is 253 cm³/mol. The lowest BCUT2D eigenvalue weighted by Crippen LogP contribution is -2.26. The molecule has 0 fully saturated rings. The second-order valence-electron chi connectivity index (χ2n) is 13.3. The summed E-state index contributed by atoms with van der Waals surface area (Å²) in [6, 6.07) is 28.4. The minimum Gasteiger partial charge on any atom is -0.508 e. The number of nitrogens with zero attached hydrogens (tertiary/aromatic N) is 2. The number of halogens is 6. The third-order valence-corrected chi connectivity index (χ3v) is 11.5. The van der Waals surface area contributed by atoms with Crippen molar-refractivity contribution in [3.8, 4) is 34.5 Å². The maximum absolute atomic E-state index is 13.1. The van der Waals surface area contributed by atoms with E-state index in [-0.39, 0.29) is 28.4 Å². The smallest absolute Gasteiger partial charge is 0.357 e. The standard InChI is InChI=1S/C45H30Br4Cl2N2O11/c1-23(64-53-21-25-14-36(48)44(37(49)15-25)62-31-9-11-39(55)33(19-31)42(58)27-5-3-7-29(51)17-27)45(59)63-40(56)22-60-52-20-24-12-34(46)43(35(47)13-24)61-30-8-10-38(54)32(18-30)41(57)26-4-2-6-28(50)16-26/h2-21,23,42,54-55,58H,22H2,1H3. The average molecular weight is 1170 g/mol. The highest BCUT2D eigenvalue weighted by Crippen LogP contribution is 2.41. The fourth-order valence-corrected chi connectivity index (χ4v) is 8.75. The number of phenolic OH excluding ortho intramolecular Hbond substituents is 2. The molecule has 13 nitrogen and oxygen atoms in total. The number of carbonyl (C=O) groups is 3. The molecule has 0 heterocycles. The zero-order chi connectivity index (χ0) is 46.1. The SMILES string of the molecule is CC(ON=Cc1cc(Br)c(Oc2ccc(O)c(C(O)c3cccc(Cl)c3)c2)c(Br)c1)C(=O)OC(=O)CON=Cc1cc(Br)c(Oc2ccc(O)c(C(=O)c3cccc(Cl)c3)c2)c(Br)c1. The van der Waals surface area contributed by atoms with Crippen LogP contribution >= 0.6 is 86.9 Å². The van der Waals surface area contributed by atoms with Crippen LogP contribution in [0, 0.1) is 0 Å². The molecule has 64 heavy (non-hydrogen) atoms. The van der Waals surface area contributed by atoms with Crippen LogP contribution in [0.25, 0.3) is 0 Å². The van der Waals surface area contributed by atoms with Crippen LogP contribution in [0.1, 0.15) is 51.2 Å². The van der Waals surface area contributed by atoms with Gasteiger partial charge in [-0.2, -0.15) is 0 Å². The quantitative estimate of drug-likeness (QED) is 0.0276. The molecule has 0 amide bonds. The van der Waals surface area contributed by atoms with Crippen molar-refractivity contribution in [2.45, 2.75) is 19.1 Å². The molecule has 6 aromatic carbocycles. The van der Waals surface area contributed by atoms with Gasteiger partial charge in [-0.1, -0.05) is 57.8 Å². The lowest BCUT2D eigenvalue weighted by molar-refractivity contribution is -0.170. The number of hydrogen-bond donors (Lipinski definition) is 3. The summed E-state index contributed by atoms with van der Waals surface area (Å²) in [4.78, 5) is 48.1. The Morgan fingerprint density at radius 2 is 1.23 bits per heavy atom. The molecule has 2 unspecified atom stereocenters. The molecule has 6 rings (SSSR count). The van der Waals surface area contributed by atoms with Gasteiger partial charge in [-0.25, -0.2) is 9.59 Å². The Morgan fingerprint density at radius 3 is 1.83 bits per heavy atom. The lowest BCUT2D eigenvalue weighted by Gasteiger charge is -2.16. The van der Waals surface area contributed by atoms with Gasteiger partial charge in [-0.3, -0.25) is 4.79 Å². The molecule has 0 spiro atoms. The van der Waals surface area contributed by atoms with E-state index in [2.05, 4.69) is 74.0 Å². The van der Waals surface area contributed by atoms with Crippen LogP contribution in [0.5, 0.6) is 34.5 Å². The number of esters is 2. The second-order valence-corrected chi connectivity index (χ2v) is 17.6. The Labute approximate surface area is 408 Å². The van der Waals surface area contributed by atoms with Gasteiger partial charge < -0.3 is 39.2 Å². The molecule has 0 saturated carbocycles. The highest BCUT2D eigenvalue weighted by Gasteiger charge is 2.22. The monoisotopic (exact) mass is 1160 g/mol. The van der Waals surface area contributed by atoms with Crippen LogP contribution in [-0.4, -0.2) is 58.2 Å². The van der Waals surface area contributed by atoms with E-state index in [1.807, 2.05) is 0 Å². The molecule has 19 heteroatoms. The molecule has 0 aliphatic carbocycles. The number of hydrogen-bond acceptors (Lipinski definition) is 13. The number of carbonyl (C=O) groups excluding carboxylic acids is 3. The summed E-state index contributed by atoms with van der Waals surface area (Å²) in [6.45, 7) is 0.650. The second kappa shape index (κ2) is 22.1. The van der Waals surface area contributed by atoms with Crippen molar-refractivity contribution in [2.75, 3.05) is 6.61 Å². The van der Waals surface area contributed by atoms with Crippen molar-refractivity contribution in [1.29, 1.82) is 0 Å². The Kier molecular flexibility index (Phi) is 16.6. The van der Waals surface area contributed by atoms with Crippen molar-refractivity contribution in [1.82, 2.24) is 0 Å². The Morgan fingerprint density at radius 1 is 0.688 bits per heavy atom. The first-order chi connectivity index (χ1) is 30.6. The number of oxime groups is 2. The molecule has 0 saturated heterocycles. The maximum atomic E-state index is 13.1. The minimum absolute atomic E-state index is 0.0228. The van der Waals surface area contributed by atoms with Gasteiger partial charge in [0.15, 0.2) is 17.3 Å². The van der Waals surface area contributed by atoms with Crippen molar-refractivity contribution in [3.63, 3.8) is 0 Å². The number of aliphatic hydroxyl groups is 1.